The van der Waals surface area contributed by atoms with Gasteiger partial charge in [-0.25, -0.2) is 13.6 Å². The molecule has 1 saturated heterocycles. The zero-order chi connectivity index (χ0) is 20.6. The molecule has 0 bridgehead atoms. The van der Waals surface area contributed by atoms with Gasteiger partial charge in [-0.15, -0.1) is 0 Å². The molecule has 0 spiro atoms. The van der Waals surface area contributed by atoms with E-state index in [1.165, 1.54) is 18.3 Å². The normalized spacial score (nSPS) is 15.9. The second-order valence-electron chi connectivity index (χ2n) is 6.49. The van der Waals surface area contributed by atoms with Crippen LogP contribution in [-0.2, 0) is 21.2 Å². The maximum absolute atomic E-state index is 12.5. The average molecular weight is 407 g/mol. The van der Waals surface area contributed by atoms with Gasteiger partial charge < -0.3 is 16.0 Å². The van der Waals surface area contributed by atoms with Crippen molar-refractivity contribution >= 4 is 15.9 Å². The van der Waals surface area contributed by atoms with Crippen molar-refractivity contribution in [1.29, 1.82) is 5.26 Å². The number of benzene rings is 1. The molecule has 1 aliphatic rings. The molecule has 1 aromatic rings. The van der Waals surface area contributed by atoms with Crippen LogP contribution in [-0.4, -0.2) is 69.9 Å². The molecule has 152 valence electrons. The van der Waals surface area contributed by atoms with Gasteiger partial charge in [0, 0.05) is 52.0 Å². The molecule has 5 N–H and O–H groups in total. The summed E-state index contributed by atoms with van der Waals surface area (Å²) in [5, 5.41) is 17.3. The Labute approximate surface area is 165 Å². The fourth-order valence-corrected chi connectivity index (χ4v) is 3.42. The highest BCUT2D eigenvalue weighted by molar-refractivity contribution is 7.89. The third kappa shape index (κ3) is 6.31. The van der Waals surface area contributed by atoms with Crippen LogP contribution in [0.5, 0.6) is 0 Å². The van der Waals surface area contributed by atoms with E-state index >= 15 is 0 Å². The van der Waals surface area contributed by atoms with Crippen LogP contribution < -0.4 is 16.2 Å². The summed E-state index contributed by atoms with van der Waals surface area (Å²) in [6.07, 6.45) is 2.04. The van der Waals surface area contributed by atoms with Crippen molar-refractivity contribution in [3.63, 3.8) is 0 Å². The maximum atomic E-state index is 12.5. The number of carbonyl (C=O) groups excluding carboxylic acids is 1. The number of rotatable bonds is 8. The number of hydrogen-bond donors (Lipinski definition) is 3. The third-order valence-corrected chi connectivity index (χ3v) is 5.44. The Kier molecular flexibility index (Phi) is 7.95. The van der Waals surface area contributed by atoms with Gasteiger partial charge in [-0.05, 0) is 24.1 Å². The van der Waals surface area contributed by atoms with Crippen LogP contribution in [0.3, 0.4) is 0 Å². The van der Waals surface area contributed by atoms with Crippen molar-refractivity contribution in [3.8, 4) is 6.07 Å². The van der Waals surface area contributed by atoms with Gasteiger partial charge in [0.05, 0.1) is 4.90 Å². The summed E-state index contributed by atoms with van der Waals surface area (Å²) in [7, 11) is -3.70. The monoisotopic (exact) mass is 406 g/mol. The molecule has 1 amide bonds. The van der Waals surface area contributed by atoms with E-state index in [-0.39, 0.29) is 16.4 Å². The highest BCUT2D eigenvalue weighted by Gasteiger charge is 2.23. The highest BCUT2D eigenvalue weighted by atomic mass is 32.2. The van der Waals surface area contributed by atoms with Crippen LogP contribution in [0.2, 0.25) is 0 Å². The summed E-state index contributed by atoms with van der Waals surface area (Å²) in [6, 6.07) is 8.22. The van der Waals surface area contributed by atoms with Gasteiger partial charge in [0.25, 0.3) is 5.91 Å². The second kappa shape index (κ2) is 10.2. The van der Waals surface area contributed by atoms with E-state index in [9.17, 15) is 18.5 Å². The second-order valence-corrected chi connectivity index (χ2v) is 8.05. The summed E-state index contributed by atoms with van der Waals surface area (Å²) in [4.78, 5) is 16.4. The molecule has 1 aliphatic heterocycles. The fourth-order valence-electron chi connectivity index (χ4n) is 2.91. The zero-order valence-corrected chi connectivity index (χ0v) is 16.5. The Morgan fingerprint density at radius 2 is 1.86 bits per heavy atom. The van der Waals surface area contributed by atoms with E-state index in [0.29, 0.717) is 32.6 Å². The lowest BCUT2D eigenvalue weighted by Gasteiger charge is -2.34. The smallest absolute Gasteiger partial charge is 0.266 e. The fraction of sp³-hybridized carbons (Fsp3) is 0.444. The van der Waals surface area contributed by atoms with E-state index < -0.39 is 10.0 Å². The van der Waals surface area contributed by atoms with Gasteiger partial charge in [0.2, 0.25) is 10.0 Å². The molecule has 1 aromatic carbocycles. The number of carbonyl (C=O) groups is 1. The molecule has 1 fully saturated rings. The number of hydrogen-bond acceptors (Lipinski definition) is 7. The van der Waals surface area contributed by atoms with E-state index in [4.69, 9.17) is 10.9 Å². The first-order chi connectivity index (χ1) is 13.3. The first-order valence-electron chi connectivity index (χ1n) is 9.02. The molecule has 0 atom stereocenters. The zero-order valence-electron chi connectivity index (χ0n) is 15.7. The van der Waals surface area contributed by atoms with Crippen LogP contribution >= 0.6 is 0 Å². The minimum Gasteiger partial charge on any atom is -0.389 e. The van der Waals surface area contributed by atoms with E-state index in [2.05, 4.69) is 10.2 Å². The molecular formula is C18H26N6O3S. The van der Waals surface area contributed by atoms with Gasteiger partial charge in [-0.1, -0.05) is 12.1 Å². The molecule has 0 unspecified atom stereocenters. The van der Waals surface area contributed by atoms with Crippen molar-refractivity contribution in [3.05, 3.63) is 41.6 Å². The summed E-state index contributed by atoms with van der Waals surface area (Å²) in [5.41, 5.74) is 6.52. The topological polar surface area (TPSA) is 146 Å². The van der Waals surface area contributed by atoms with Crippen LogP contribution in [0.4, 0.5) is 0 Å². The van der Waals surface area contributed by atoms with Crippen molar-refractivity contribution in [2.75, 3.05) is 45.8 Å². The van der Waals surface area contributed by atoms with E-state index in [1.54, 1.807) is 17.0 Å². The minimum absolute atomic E-state index is 0.0630. The number of amides is 1. The summed E-state index contributed by atoms with van der Waals surface area (Å²) in [6.45, 7) is 4.56. The lowest BCUT2D eigenvalue weighted by molar-refractivity contribution is -0.128. The van der Waals surface area contributed by atoms with Crippen molar-refractivity contribution in [2.45, 2.75) is 11.3 Å². The maximum Gasteiger partial charge on any atom is 0.266 e. The molecular weight excluding hydrogens is 380 g/mol. The number of nitrogens with two attached hydrogens (primary N) is 2. The van der Waals surface area contributed by atoms with Crippen LogP contribution in [0.15, 0.2) is 40.9 Å². The molecule has 9 nitrogen and oxygen atoms in total. The van der Waals surface area contributed by atoms with Crippen molar-refractivity contribution < 1.29 is 13.2 Å². The van der Waals surface area contributed by atoms with Gasteiger partial charge >= 0.3 is 0 Å². The molecule has 0 aliphatic carbocycles. The van der Waals surface area contributed by atoms with Crippen LogP contribution in [0.25, 0.3) is 0 Å². The Hall–Kier alpha value is -2.45. The SMILES string of the molecule is N#C/C(=C/NCCc1ccc(S(N)(=O)=O)cc1)C(=O)N1CCN(CCN)CC1. The molecule has 0 aromatic heterocycles. The number of primary sulfonamides is 1. The largest absolute Gasteiger partial charge is 0.389 e. The number of nitrogens with one attached hydrogen (secondary N) is 1. The highest BCUT2D eigenvalue weighted by Crippen LogP contribution is 2.09. The number of nitriles is 1. The Morgan fingerprint density at radius 3 is 2.39 bits per heavy atom. The van der Waals surface area contributed by atoms with Gasteiger partial charge in [0.15, 0.2) is 0 Å². The third-order valence-electron chi connectivity index (χ3n) is 4.51. The predicted octanol–water partition coefficient (Wildman–Crippen LogP) is -1.02. The average Bonchev–Trinajstić information content (AvgIpc) is 2.68. The van der Waals surface area contributed by atoms with Crippen molar-refractivity contribution in [2.24, 2.45) is 10.9 Å². The molecule has 0 radical (unpaired) electrons. The van der Waals surface area contributed by atoms with E-state index in [1.807, 2.05) is 6.07 Å². The number of nitrogens with zero attached hydrogens (tertiary/aromatic N) is 3. The molecule has 2 rings (SSSR count). The molecule has 1 heterocycles. The van der Waals surface area contributed by atoms with Crippen LogP contribution in [0, 0.1) is 11.3 Å². The Balaban J connectivity index is 1.83. The van der Waals surface area contributed by atoms with Gasteiger partial charge in [0.1, 0.15) is 11.6 Å². The lowest BCUT2D eigenvalue weighted by Crippen LogP contribution is -2.50. The Morgan fingerprint density at radius 1 is 1.21 bits per heavy atom. The molecule has 10 heteroatoms. The summed E-state index contributed by atoms with van der Waals surface area (Å²) in [5.74, 6) is -0.278. The van der Waals surface area contributed by atoms with Crippen LogP contribution in [0.1, 0.15) is 5.56 Å². The first-order valence-corrected chi connectivity index (χ1v) is 10.6. The predicted molar refractivity (Wildman–Crippen MR) is 105 cm³/mol. The Bertz CT molecular complexity index is 837. The molecule has 28 heavy (non-hydrogen) atoms. The van der Waals surface area contributed by atoms with Gasteiger partial charge in [-0.2, -0.15) is 5.26 Å². The minimum atomic E-state index is -3.70. The van der Waals surface area contributed by atoms with Gasteiger partial charge in [-0.3, -0.25) is 9.69 Å². The quantitative estimate of drug-likeness (QED) is 0.284. The lowest BCUT2D eigenvalue weighted by atomic mass is 10.1. The summed E-state index contributed by atoms with van der Waals surface area (Å²) >= 11 is 0. The first kappa shape index (κ1) is 21.8. The number of piperazine rings is 1. The summed E-state index contributed by atoms with van der Waals surface area (Å²) < 4.78 is 22.5. The van der Waals surface area contributed by atoms with Crippen molar-refractivity contribution in [1.82, 2.24) is 15.1 Å². The molecule has 0 saturated carbocycles. The number of sulfonamides is 1. The van der Waals surface area contributed by atoms with E-state index in [0.717, 1.165) is 25.2 Å². The standard InChI is InChI=1S/C18H26N6O3S/c19-6-8-23-9-11-24(12-10-23)18(25)16(13-20)14-22-7-5-15-1-3-17(4-2-15)28(21,26)27/h1-4,14,22H,5-12,19H2,(H2,21,26,27)/b16-14-.